The molecular formula is C15H20O4. The van der Waals surface area contributed by atoms with Crippen LogP contribution in [0.3, 0.4) is 0 Å². The summed E-state index contributed by atoms with van der Waals surface area (Å²) in [5.41, 5.74) is -0.486. The van der Waals surface area contributed by atoms with Crippen LogP contribution in [-0.2, 0) is 14.3 Å². The van der Waals surface area contributed by atoms with E-state index in [4.69, 9.17) is 4.74 Å². The second kappa shape index (κ2) is 3.69. The number of ether oxygens (including phenoxy) is 1. The molecule has 0 aromatic heterocycles. The van der Waals surface area contributed by atoms with Gasteiger partial charge in [-0.3, -0.25) is 4.79 Å². The largest absolute Gasteiger partial charge is 0.453 e. The number of hydrogen-bond donors (Lipinski definition) is 1. The summed E-state index contributed by atoms with van der Waals surface area (Å²) in [5.74, 6) is -0.278. The van der Waals surface area contributed by atoms with E-state index in [1.807, 2.05) is 6.92 Å². The van der Waals surface area contributed by atoms with Crippen LogP contribution in [0.5, 0.6) is 0 Å². The van der Waals surface area contributed by atoms with Gasteiger partial charge in [0.05, 0.1) is 11.0 Å². The molecule has 0 amide bonds. The van der Waals surface area contributed by atoms with Crippen molar-refractivity contribution < 1.29 is 19.4 Å². The molecule has 0 unspecified atom stereocenters. The normalized spacial score (nSPS) is 45.9. The van der Waals surface area contributed by atoms with Crippen LogP contribution in [0.1, 0.15) is 46.5 Å². The highest BCUT2D eigenvalue weighted by molar-refractivity contribution is 5.95. The number of carbonyl (C=O) groups is 2. The molecule has 19 heavy (non-hydrogen) atoms. The van der Waals surface area contributed by atoms with Crippen LogP contribution in [0, 0.1) is 11.3 Å². The van der Waals surface area contributed by atoms with Crippen molar-refractivity contribution in [3.8, 4) is 0 Å². The number of Topliss-reactive ketones (excluding diaryl/α,β-unsaturated/α-hetero) is 1. The van der Waals surface area contributed by atoms with Crippen molar-refractivity contribution in [2.24, 2.45) is 11.3 Å². The topological polar surface area (TPSA) is 63.6 Å². The molecule has 2 fully saturated rings. The van der Waals surface area contributed by atoms with Crippen LogP contribution < -0.4 is 0 Å². The van der Waals surface area contributed by atoms with Crippen LogP contribution in [-0.4, -0.2) is 28.6 Å². The second-order valence-corrected chi connectivity index (χ2v) is 6.43. The monoisotopic (exact) mass is 264 g/mol. The van der Waals surface area contributed by atoms with E-state index < -0.39 is 17.1 Å². The summed E-state index contributed by atoms with van der Waals surface area (Å²) in [6.07, 6.45) is 1.81. The van der Waals surface area contributed by atoms with Gasteiger partial charge in [0.25, 0.3) is 0 Å². The SMILES string of the molecule is CC1=C2CC[C@H](C)[C@]3(O)CCC(=O)[C@@]3(C)[C@@H]2OC1=O. The van der Waals surface area contributed by atoms with Gasteiger partial charge in [-0.15, -0.1) is 0 Å². The summed E-state index contributed by atoms with van der Waals surface area (Å²) in [5, 5.41) is 11.1. The van der Waals surface area contributed by atoms with E-state index in [1.165, 1.54) is 0 Å². The maximum absolute atomic E-state index is 12.4. The molecule has 1 heterocycles. The summed E-state index contributed by atoms with van der Waals surface area (Å²) >= 11 is 0. The second-order valence-electron chi connectivity index (χ2n) is 6.43. The number of ketones is 1. The van der Waals surface area contributed by atoms with Crippen molar-refractivity contribution in [3.63, 3.8) is 0 Å². The fourth-order valence-electron chi connectivity index (χ4n) is 4.19. The predicted octanol–water partition coefficient (Wildman–Crippen LogP) is 1.76. The van der Waals surface area contributed by atoms with E-state index >= 15 is 0 Å². The third kappa shape index (κ3) is 1.33. The van der Waals surface area contributed by atoms with Gasteiger partial charge in [0.15, 0.2) is 0 Å². The Hall–Kier alpha value is -1.16. The average molecular weight is 264 g/mol. The highest BCUT2D eigenvalue weighted by Crippen LogP contribution is 2.57. The molecule has 0 spiro atoms. The number of esters is 1. The quantitative estimate of drug-likeness (QED) is 0.677. The highest BCUT2D eigenvalue weighted by atomic mass is 16.6. The first kappa shape index (κ1) is 12.9. The van der Waals surface area contributed by atoms with Crippen molar-refractivity contribution in [3.05, 3.63) is 11.1 Å². The van der Waals surface area contributed by atoms with Gasteiger partial charge in [0.2, 0.25) is 0 Å². The van der Waals surface area contributed by atoms with Crippen molar-refractivity contribution in [1.82, 2.24) is 0 Å². The lowest BCUT2D eigenvalue weighted by Gasteiger charge is -2.43. The Labute approximate surface area is 112 Å². The zero-order valence-corrected chi connectivity index (χ0v) is 11.7. The van der Waals surface area contributed by atoms with Crippen molar-refractivity contribution in [2.75, 3.05) is 0 Å². The molecule has 1 aliphatic heterocycles. The summed E-state index contributed by atoms with van der Waals surface area (Å²) in [6, 6.07) is 0. The summed E-state index contributed by atoms with van der Waals surface area (Å²) in [6.45, 7) is 5.53. The maximum Gasteiger partial charge on any atom is 0.334 e. The number of rotatable bonds is 0. The number of hydrogen-bond acceptors (Lipinski definition) is 4. The Morgan fingerprint density at radius 2 is 2.00 bits per heavy atom. The summed E-state index contributed by atoms with van der Waals surface area (Å²) in [7, 11) is 0. The van der Waals surface area contributed by atoms with Gasteiger partial charge in [-0.1, -0.05) is 6.92 Å². The summed E-state index contributed by atoms with van der Waals surface area (Å²) in [4.78, 5) is 24.2. The van der Waals surface area contributed by atoms with Gasteiger partial charge < -0.3 is 9.84 Å². The molecule has 4 heteroatoms. The van der Waals surface area contributed by atoms with E-state index in [9.17, 15) is 14.7 Å². The van der Waals surface area contributed by atoms with Gasteiger partial charge >= 0.3 is 5.97 Å². The molecule has 3 aliphatic rings. The highest BCUT2D eigenvalue weighted by Gasteiger charge is 2.66. The standard InChI is InChI=1S/C15H20O4/c1-8-4-5-10-9(2)13(17)19-12(10)14(3)11(16)6-7-15(8,14)18/h8,12,18H,4-7H2,1-3H3/t8-,12+,14-,15+/m0/s1. The lowest BCUT2D eigenvalue weighted by atomic mass is 9.66. The predicted molar refractivity (Wildman–Crippen MR) is 68.3 cm³/mol. The molecule has 4 nitrogen and oxygen atoms in total. The van der Waals surface area contributed by atoms with Crippen LogP contribution in [0.25, 0.3) is 0 Å². The lowest BCUT2D eigenvalue weighted by Crippen LogP contribution is -2.55. The Morgan fingerprint density at radius 3 is 2.68 bits per heavy atom. The molecule has 2 saturated carbocycles. The first-order valence-electron chi connectivity index (χ1n) is 6.98. The average Bonchev–Trinajstić information content (AvgIpc) is 2.76. The van der Waals surface area contributed by atoms with Crippen LogP contribution in [0.4, 0.5) is 0 Å². The molecule has 4 atom stereocenters. The Kier molecular flexibility index (Phi) is 2.50. The molecule has 0 aromatic carbocycles. The molecule has 0 bridgehead atoms. The summed E-state index contributed by atoms with van der Waals surface area (Å²) < 4.78 is 5.46. The van der Waals surface area contributed by atoms with Gasteiger partial charge in [-0.2, -0.15) is 0 Å². The van der Waals surface area contributed by atoms with E-state index in [1.54, 1.807) is 13.8 Å². The zero-order valence-electron chi connectivity index (χ0n) is 11.7. The molecule has 0 saturated heterocycles. The van der Waals surface area contributed by atoms with Crippen molar-refractivity contribution in [2.45, 2.75) is 58.2 Å². The third-order valence-corrected chi connectivity index (χ3v) is 5.73. The van der Waals surface area contributed by atoms with E-state index in [2.05, 4.69) is 0 Å². The lowest BCUT2D eigenvalue weighted by molar-refractivity contribution is -0.167. The van der Waals surface area contributed by atoms with E-state index in [0.29, 0.717) is 18.4 Å². The van der Waals surface area contributed by atoms with E-state index in [0.717, 1.165) is 18.4 Å². The Bertz CT molecular complexity index is 506. The Morgan fingerprint density at radius 1 is 1.32 bits per heavy atom. The fraction of sp³-hybridized carbons (Fsp3) is 0.733. The van der Waals surface area contributed by atoms with Gasteiger partial charge in [0.1, 0.15) is 11.9 Å². The fourth-order valence-corrected chi connectivity index (χ4v) is 4.19. The number of carbonyl (C=O) groups excluding carboxylic acids is 2. The first-order valence-corrected chi connectivity index (χ1v) is 6.98. The number of fused-ring (bicyclic) bond motifs is 3. The molecule has 0 radical (unpaired) electrons. The molecule has 1 N–H and O–H groups in total. The van der Waals surface area contributed by atoms with Crippen LogP contribution >= 0.6 is 0 Å². The third-order valence-electron chi connectivity index (χ3n) is 5.73. The van der Waals surface area contributed by atoms with Gasteiger partial charge in [-0.25, -0.2) is 4.79 Å². The molecule has 2 aliphatic carbocycles. The minimum Gasteiger partial charge on any atom is -0.453 e. The Balaban J connectivity index is 2.19. The molecule has 0 aromatic rings. The van der Waals surface area contributed by atoms with Crippen molar-refractivity contribution in [1.29, 1.82) is 0 Å². The zero-order chi connectivity index (χ0) is 14.0. The minimum atomic E-state index is -1.05. The molecule has 104 valence electrons. The number of aliphatic hydroxyl groups is 1. The minimum absolute atomic E-state index is 0.0220. The first-order chi connectivity index (χ1) is 8.82. The smallest absolute Gasteiger partial charge is 0.334 e. The van der Waals surface area contributed by atoms with Gasteiger partial charge in [0, 0.05) is 12.0 Å². The van der Waals surface area contributed by atoms with Crippen LogP contribution in [0.2, 0.25) is 0 Å². The van der Waals surface area contributed by atoms with Crippen molar-refractivity contribution >= 4 is 11.8 Å². The molecule has 3 rings (SSSR count). The van der Waals surface area contributed by atoms with Crippen LogP contribution in [0.15, 0.2) is 11.1 Å². The van der Waals surface area contributed by atoms with E-state index in [-0.39, 0.29) is 17.7 Å². The van der Waals surface area contributed by atoms with Gasteiger partial charge in [-0.05, 0) is 44.6 Å². The molecular weight excluding hydrogens is 244 g/mol. The maximum atomic E-state index is 12.4.